The van der Waals surface area contributed by atoms with Gasteiger partial charge in [0.2, 0.25) is 0 Å². The third-order valence-electron chi connectivity index (χ3n) is 4.53. The Hall–Kier alpha value is -2.25. The van der Waals surface area contributed by atoms with Crippen LogP contribution in [0.5, 0.6) is 0 Å². The van der Waals surface area contributed by atoms with Crippen molar-refractivity contribution in [2.45, 2.75) is 38.5 Å². The molecule has 1 amide bonds. The maximum atomic E-state index is 12.7. The lowest BCUT2D eigenvalue weighted by molar-refractivity contribution is -0.0974. The SMILES string of the molecule is COC(CNC(=O)c1ccc2c(=O)n3c(nc2c1)CCCCC3)OC. The van der Waals surface area contributed by atoms with Crippen LogP contribution in [0.2, 0.25) is 0 Å². The van der Waals surface area contributed by atoms with Gasteiger partial charge >= 0.3 is 0 Å². The first kappa shape index (κ1) is 17.6. The van der Waals surface area contributed by atoms with E-state index in [1.54, 1.807) is 22.8 Å². The summed E-state index contributed by atoms with van der Waals surface area (Å²) in [6.07, 6.45) is 3.44. The first-order valence-corrected chi connectivity index (χ1v) is 8.51. The number of rotatable bonds is 5. The van der Waals surface area contributed by atoms with Gasteiger partial charge in [-0.05, 0) is 31.0 Å². The Bertz CT molecular complexity index is 827. The summed E-state index contributed by atoms with van der Waals surface area (Å²) in [5, 5.41) is 3.30. The molecule has 134 valence electrons. The van der Waals surface area contributed by atoms with Crippen molar-refractivity contribution in [2.24, 2.45) is 0 Å². The second kappa shape index (κ2) is 7.76. The number of hydrogen-bond donors (Lipinski definition) is 1. The lowest BCUT2D eigenvalue weighted by atomic mass is 10.1. The minimum absolute atomic E-state index is 0.0207. The molecule has 1 aliphatic heterocycles. The molecule has 1 aliphatic rings. The lowest BCUT2D eigenvalue weighted by Crippen LogP contribution is -2.34. The summed E-state index contributed by atoms with van der Waals surface area (Å²) in [5.41, 5.74) is 1.01. The van der Waals surface area contributed by atoms with Gasteiger partial charge in [-0.3, -0.25) is 14.2 Å². The van der Waals surface area contributed by atoms with Crippen molar-refractivity contribution < 1.29 is 14.3 Å². The number of ether oxygens (including phenoxy) is 2. The standard InChI is InChI=1S/C18H23N3O4/c1-24-16(25-2)11-19-17(22)12-7-8-13-14(10-12)20-15-6-4-3-5-9-21(15)18(13)23/h7-8,10,16H,3-6,9,11H2,1-2H3,(H,19,22). The van der Waals surface area contributed by atoms with Crippen LogP contribution < -0.4 is 10.9 Å². The predicted molar refractivity (Wildman–Crippen MR) is 93.7 cm³/mol. The highest BCUT2D eigenvalue weighted by Gasteiger charge is 2.16. The summed E-state index contributed by atoms with van der Waals surface area (Å²) in [5.74, 6) is 0.559. The van der Waals surface area contributed by atoms with Gasteiger partial charge in [-0.25, -0.2) is 4.98 Å². The van der Waals surface area contributed by atoms with E-state index in [-0.39, 0.29) is 18.0 Å². The molecule has 0 saturated heterocycles. The number of aryl methyl sites for hydroxylation is 1. The molecule has 0 radical (unpaired) electrons. The third kappa shape index (κ3) is 3.72. The Labute approximate surface area is 146 Å². The zero-order valence-corrected chi connectivity index (χ0v) is 14.6. The van der Waals surface area contributed by atoms with E-state index in [4.69, 9.17) is 9.47 Å². The molecule has 1 N–H and O–H groups in total. The molecule has 0 fully saturated rings. The first-order chi connectivity index (χ1) is 12.1. The molecule has 0 spiro atoms. The van der Waals surface area contributed by atoms with E-state index in [9.17, 15) is 9.59 Å². The van der Waals surface area contributed by atoms with Crippen LogP contribution in [-0.4, -0.2) is 42.5 Å². The number of nitrogens with one attached hydrogen (secondary N) is 1. The molecule has 2 aromatic rings. The van der Waals surface area contributed by atoms with Gasteiger partial charge in [-0.2, -0.15) is 0 Å². The monoisotopic (exact) mass is 345 g/mol. The van der Waals surface area contributed by atoms with Crippen LogP contribution in [-0.2, 0) is 22.4 Å². The van der Waals surface area contributed by atoms with E-state index in [1.165, 1.54) is 14.2 Å². The van der Waals surface area contributed by atoms with Crippen molar-refractivity contribution in [1.29, 1.82) is 0 Å². The summed E-state index contributed by atoms with van der Waals surface area (Å²) in [4.78, 5) is 29.6. The number of aromatic nitrogens is 2. The van der Waals surface area contributed by atoms with Crippen molar-refractivity contribution in [1.82, 2.24) is 14.9 Å². The Kier molecular flexibility index (Phi) is 5.45. The highest BCUT2D eigenvalue weighted by molar-refractivity contribution is 5.97. The van der Waals surface area contributed by atoms with Crippen LogP contribution in [0.3, 0.4) is 0 Å². The van der Waals surface area contributed by atoms with E-state index in [0.29, 0.717) is 16.5 Å². The second-order valence-electron chi connectivity index (χ2n) is 6.14. The smallest absolute Gasteiger partial charge is 0.261 e. The molecule has 25 heavy (non-hydrogen) atoms. The number of carbonyl (C=O) groups is 1. The number of methoxy groups -OCH3 is 2. The number of carbonyl (C=O) groups excluding carboxylic acids is 1. The molecule has 0 unspecified atom stereocenters. The van der Waals surface area contributed by atoms with Crippen LogP contribution in [0.1, 0.15) is 35.4 Å². The van der Waals surface area contributed by atoms with Gasteiger partial charge in [0.25, 0.3) is 11.5 Å². The largest absolute Gasteiger partial charge is 0.354 e. The Morgan fingerprint density at radius 1 is 1.28 bits per heavy atom. The van der Waals surface area contributed by atoms with Crippen LogP contribution in [0, 0.1) is 0 Å². The van der Waals surface area contributed by atoms with E-state index in [2.05, 4.69) is 10.3 Å². The van der Waals surface area contributed by atoms with E-state index < -0.39 is 6.29 Å². The number of nitrogens with zero attached hydrogens (tertiary/aromatic N) is 2. The average molecular weight is 345 g/mol. The van der Waals surface area contributed by atoms with Gasteiger partial charge in [0.05, 0.1) is 17.4 Å². The fraction of sp³-hybridized carbons (Fsp3) is 0.500. The maximum Gasteiger partial charge on any atom is 0.261 e. The quantitative estimate of drug-likeness (QED) is 0.830. The van der Waals surface area contributed by atoms with Crippen molar-refractivity contribution >= 4 is 16.8 Å². The Balaban J connectivity index is 1.89. The lowest BCUT2D eigenvalue weighted by Gasteiger charge is -2.14. The number of fused-ring (bicyclic) bond motifs is 2. The van der Waals surface area contributed by atoms with Gasteiger partial charge in [0, 0.05) is 32.7 Å². The fourth-order valence-corrected chi connectivity index (χ4v) is 3.10. The molecular formula is C18H23N3O4. The minimum atomic E-state index is -0.497. The minimum Gasteiger partial charge on any atom is -0.354 e. The summed E-state index contributed by atoms with van der Waals surface area (Å²) in [6.45, 7) is 0.957. The average Bonchev–Trinajstić information content (AvgIpc) is 2.87. The zero-order valence-electron chi connectivity index (χ0n) is 14.6. The molecule has 0 aliphatic carbocycles. The summed E-state index contributed by atoms with van der Waals surface area (Å²) < 4.78 is 11.9. The highest BCUT2D eigenvalue weighted by atomic mass is 16.7. The van der Waals surface area contributed by atoms with Gasteiger partial charge in [-0.1, -0.05) is 6.42 Å². The number of benzene rings is 1. The van der Waals surface area contributed by atoms with Crippen LogP contribution in [0.4, 0.5) is 0 Å². The normalized spacial score (nSPS) is 14.4. The summed E-state index contributed by atoms with van der Waals surface area (Å²) >= 11 is 0. The van der Waals surface area contributed by atoms with E-state index in [0.717, 1.165) is 38.1 Å². The van der Waals surface area contributed by atoms with E-state index >= 15 is 0 Å². The molecular weight excluding hydrogens is 322 g/mol. The van der Waals surface area contributed by atoms with Crippen molar-refractivity contribution in [3.05, 3.63) is 39.9 Å². The predicted octanol–water partition coefficient (Wildman–Crippen LogP) is 1.47. The molecule has 1 aromatic carbocycles. The molecule has 1 aromatic heterocycles. The number of amides is 1. The molecule has 2 heterocycles. The van der Waals surface area contributed by atoms with Crippen molar-refractivity contribution in [2.75, 3.05) is 20.8 Å². The number of hydrogen-bond acceptors (Lipinski definition) is 5. The Morgan fingerprint density at radius 3 is 2.84 bits per heavy atom. The summed E-state index contributed by atoms with van der Waals surface area (Å²) in [7, 11) is 3.03. The fourth-order valence-electron chi connectivity index (χ4n) is 3.10. The van der Waals surface area contributed by atoms with Crippen molar-refractivity contribution in [3.8, 4) is 0 Å². The molecule has 3 rings (SSSR count). The van der Waals surface area contributed by atoms with E-state index in [1.807, 2.05) is 0 Å². The van der Waals surface area contributed by atoms with Gasteiger partial charge < -0.3 is 14.8 Å². The first-order valence-electron chi connectivity index (χ1n) is 8.51. The molecule has 7 nitrogen and oxygen atoms in total. The molecule has 0 atom stereocenters. The van der Waals surface area contributed by atoms with Gasteiger partial charge in [-0.15, -0.1) is 0 Å². The van der Waals surface area contributed by atoms with Gasteiger partial charge in [0.15, 0.2) is 6.29 Å². The third-order valence-corrected chi connectivity index (χ3v) is 4.53. The topological polar surface area (TPSA) is 82.5 Å². The summed E-state index contributed by atoms with van der Waals surface area (Å²) in [6, 6.07) is 5.01. The van der Waals surface area contributed by atoms with Crippen LogP contribution in [0.15, 0.2) is 23.0 Å². The van der Waals surface area contributed by atoms with Gasteiger partial charge in [0.1, 0.15) is 5.82 Å². The van der Waals surface area contributed by atoms with Crippen LogP contribution >= 0.6 is 0 Å². The highest BCUT2D eigenvalue weighted by Crippen LogP contribution is 2.16. The van der Waals surface area contributed by atoms with Crippen molar-refractivity contribution in [3.63, 3.8) is 0 Å². The molecule has 0 saturated carbocycles. The zero-order chi connectivity index (χ0) is 17.8. The maximum absolute atomic E-state index is 12.7. The molecule has 7 heteroatoms. The molecule has 0 bridgehead atoms. The Morgan fingerprint density at radius 2 is 2.08 bits per heavy atom. The van der Waals surface area contributed by atoms with Crippen LogP contribution in [0.25, 0.3) is 10.9 Å². The second-order valence-corrected chi connectivity index (χ2v) is 6.14.